The molecule has 0 spiro atoms. The van der Waals surface area contributed by atoms with Gasteiger partial charge in [-0.2, -0.15) is 0 Å². The van der Waals surface area contributed by atoms with Crippen molar-refractivity contribution in [1.29, 1.82) is 0 Å². The average Bonchev–Trinajstić information content (AvgIpc) is 3.04. The second kappa shape index (κ2) is 14.1. The summed E-state index contributed by atoms with van der Waals surface area (Å²) in [5, 5.41) is 5.75. The van der Waals surface area contributed by atoms with E-state index in [1.165, 1.54) is 0 Å². The lowest BCUT2D eigenvalue weighted by atomic mass is 10.0. The molecule has 10 heteroatoms. The zero-order valence-corrected chi connectivity index (χ0v) is 23.3. The Labute approximate surface area is 244 Å². The van der Waals surface area contributed by atoms with Gasteiger partial charge in [0, 0.05) is 37.6 Å². The quantitative estimate of drug-likeness (QED) is 0.236. The number of anilines is 3. The molecular weight excluding hydrogens is 532 g/mol. The number of rotatable bonds is 10. The summed E-state index contributed by atoms with van der Waals surface area (Å²) in [7, 11) is 0. The van der Waals surface area contributed by atoms with Crippen LogP contribution in [0.15, 0.2) is 85.3 Å². The van der Waals surface area contributed by atoms with Gasteiger partial charge in [-0.05, 0) is 41.7 Å². The number of morpholine rings is 1. The Balaban J connectivity index is 1.15. The van der Waals surface area contributed by atoms with E-state index in [1.54, 1.807) is 24.7 Å². The van der Waals surface area contributed by atoms with Crippen LogP contribution in [0.2, 0.25) is 0 Å². The van der Waals surface area contributed by atoms with E-state index in [1.807, 2.05) is 60.7 Å². The molecule has 1 fully saturated rings. The second-order valence-corrected chi connectivity index (χ2v) is 9.89. The first-order valence-electron chi connectivity index (χ1n) is 13.9. The highest BCUT2D eigenvalue weighted by atomic mass is 16.5. The Morgan fingerprint density at radius 2 is 1.74 bits per heavy atom. The molecule has 3 heterocycles. The predicted molar refractivity (Wildman–Crippen MR) is 162 cm³/mol. The van der Waals surface area contributed by atoms with E-state index in [0.717, 1.165) is 53.9 Å². The van der Waals surface area contributed by atoms with E-state index < -0.39 is 6.09 Å². The van der Waals surface area contributed by atoms with Crippen LogP contribution in [0.1, 0.15) is 27.9 Å². The number of carbonyl (C=O) groups excluding carboxylic acids is 2. The van der Waals surface area contributed by atoms with Gasteiger partial charge in [-0.25, -0.2) is 9.78 Å². The van der Waals surface area contributed by atoms with Crippen LogP contribution in [-0.4, -0.2) is 54.8 Å². The molecule has 2 aromatic carbocycles. The van der Waals surface area contributed by atoms with Crippen molar-refractivity contribution < 1.29 is 19.1 Å². The van der Waals surface area contributed by atoms with Crippen molar-refractivity contribution in [2.24, 2.45) is 0 Å². The molecule has 0 radical (unpaired) electrons. The maximum Gasteiger partial charge on any atom is 0.407 e. The molecule has 0 bridgehead atoms. The second-order valence-electron chi connectivity index (χ2n) is 9.89. The number of aryl methyl sites for hydroxylation is 1. The van der Waals surface area contributed by atoms with Gasteiger partial charge in [0.2, 0.25) is 0 Å². The Kier molecular flexibility index (Phi) is 9.58. The van der Waals surface area contributed by atoms with Crippen LogP contribution in [0.5, 0.6) is 0 Å². The summed E-state index contributed by atoms with van der Waals surface area (Å²) in [5.74, 6) is -0.199. The molecular formula is C32H34N6O4. The lowest BCUT2D eigenvalue weighted by Crippen LogP contribution is -2.36. The van der Waals surface area contributed by atoms with Gasteiger partial charge in [-0.3, -0.25) is 9.78 Å². The predicted octanol–water partition coefficient (Wildman–Crippen LogP) is 4.67. The summed E-state index contributed by atoms with van der Waals surface area (Å²) in [6, 6.07) is 21.2. The molecule has 1 aliphatic heterocycles. The fourth-order valence-electron chi connectivity index (χ4n) is 4.69. The molecule has 0 atom stereocenters. The van der Waals surface area contributed by atoms with Gasteiger partial charge in [0.1, 0.15) is 12.4 Å². The lowest BCUT2D eigenvalue weighted by Gasteiger charge is -2.30. The van der Waals surface area contributed by atoms with E-state index in [2.05, 4.69) is 25.5 Å². The molecule has 5 rings (SSSR count). The van der Waals surface area contributed by atoms with Crippen LogP contribution >= 0.6 is 0 Å². The number of hydrogen-bond acceptors (Lipinski definition) is 8. The number of alkyl carbamates (subject to hydrolysis) is 1. The molecule has 1 saturated heterocycles. The summed E-state index contributed by atoms with van der Waals surface area (Å²) in [4.78, 5) is 35.8. The molecule has 2 amide bonds. The summed E-state index contributed by atoms with van der Waals surface area (Å²) >= 11 is 0. The summed E-state index contributed by atoms with van der Waals surface area (Å²) in [5.41, 5.74) is 11.7. The summed E-state index contributed by atoms with van der Waals surface area (Å²) < 4.78 is 10.7. The fraction of sp³-hybridized carbons (Fsp3) is 0.250. The Hall–Kier alpha value is -4.96. The molecule has 4 aromatic rings. The minimum atomic E-state index is -0.425. The van der Waals surface area contributed by atoms with Crippen LogP contribution in [-0.2, 0) is 22.5 Å². The molecule has 10 nitrogen and oxygen atoms in total. The van der Waals surface area contributed by atoms with Crippen molar-refractivity contribution in [2.45, 2.75) is 19.4 Å². The monoisotopic (exact) mass is 566 g/mol. The first-order valence-corrected chi connectivity index (χ1v) is 13.9. The third-order valence-corrected chi connectivity index (χ3v) is 6.97. The van der Waals surface area contributed by atoms with E-state index in [4.69, 9.17) is 15.2 Å². The van der Waals surface area contributed by atoms with E-state index in [-0.39, 0.29) is 18.3 Å². The normalized spacial score (nSPS) is 12.9. The van der Waals surface area contributed by atoms with Crippen LogP contribution in [0.4, 0.5) is 22.0 Å². The number of carbonyl (C=O) groups is 2. The highest BCUT2D eigenvalue weighted by molar-refractivity contribution is 6.09. The Bertz CT molecular complexity index is 1490. The largest absolute Gasteiger partial charge is 0.445 e. The minimum absolute atomic E-state index is 0.152. The van der Waals surface area contributed by atoms with Crippen molar-refractivity contribution in [3.8, 4) is 11.1 Å². The minimum Gasteiger partial charge on any atom is -0.445 e. The highest BCUT2D eigenvalue weighted by Gasteiger charge is 2.19. The van der Waals surface area contributed by atoms with Crippen LogP contribution in [0.25, 0.3) is 11.1 Å². The number of amides is 2. The van der Waals surface area contributed by atoms with Crippen molar-refractivity contribution >= 4 is 29.2 Å². The van der Waals surface area contributed by atoms with Crippen LogP contribution in [0.3, 0.4) is 0 Å². The topological polar surface area (TPSA) is 132 Å². The SMILES string of the molecule is Nc1ncc(-c2ccc(CCCNC(=O)OCc3ccccc3)cc2)cc1C(=O)Nc1cnccc1N1CCOCC1. The lowest BCUT2D eigenvalue weighted by molar-refractivity contribution is 0.102. The summed E-state index contributed by atoms with van der Waals surface area (Å²) in [6.45, 7) is 3.50. The van der Waals surface area contributed by atoms with E-state index in [9.17, 15) is 9.59 Å². The van der Waals surface area contributed by atoms with Crippen molar-refractivity contribution in [3.63, 3.8) is 0 Å². The average molecular weight is 567 g/mol. The van der Waals surface area contributed by atoms with Gasteiger partial charge in [0.25, 0.3) is 5.91 Å². The van der Waals surface area contributed by atoms with Crippen molar-refractivity contribution in [1.82, 2.24) is 15.3 Å². The van der Waals surface area contributed by atoms with E-state index >= 15 is 0 Å². The Morgan fingerprint density at radius 3 is 2.52 bits per heavy atom. The van der Waals surface area contributed by atoms with Gasteiger partial charge in [-0.1, -0.05) is 54.6 Å². The Morgan fingerprint density at radius 1 is 0.952 bits per heavy atom. The fourth-order valence-corrected chi connectivity index (χ4v) is 4.69. The number of nitrogens with zero attached hydrogens (tertiary/aromatic N) is 3. The van der Waals surface area contributed by atoms with Gasteiger partial charge in [0.15, 0.2) is 0 Å². The van der Waals surface area contributed by atoms with Crippen LogP contribution < -0.4 is 21.3 Å². The van der Waals surface area contributed by atoms with Gasteiger partial charge < -0.3 is 30.7 Å². The first kappa shape index (κ1) is 28.6. The molecule has 0 unspecified atom stereocenters. The third-order valence-electron chi connectivity index (χ3n) is 6.97. The number of nitrogens with two attached hydrogens (primary N) is 1. The maximum absolute atomic E-state index is 13.3. The highest BCUT2D eigenvalue weighted by Crippen LogP contribution is 2.28. The van der Waals surface area contributed by atoms with Crippen molar-refractivity contribution in [2.75, 3.05) is 48.8 Å². The molecule has 0 aliphatic carbocycles. The zero-order valence-electron chi connectivity index (χ0n) is 23.3. The number of nitrogens with one attached hydrogen (secondary N) is 2. The molecule has 0 saturated carbocycles. The van der Waals surface area contributed by atoms with Gasteiger partial charge in [0.05, 0.1) is 36.3 Å². The summed E-state index contributed by atoms with van der Waals surface area (Å²) in [6.07, 6.45) is 6.15. The van der Waals surface area contributed by atoms with Crippen LogP contribution in [0, 0.1) is 0 Å². The number of hydrogen-bond donors (Lipinski definition) is 3. The van der Waals surface area contributed by atoms with Gasteiger partial charge in [-0.15, -0.1) is 0 Å². The van der Waals surface area contributed by atoms with Gasteiger partial charge >= 0.3 is 6.09 Å². The first-order chi connectivity index (χ1) is 20.6. The van der Waals surface area contributed by atoms with Crippen molar-refractivity contribution in [3.05, 3.63) is 102 Å². The number of benzene rings is 2. The molecule has 42 heavy (non-hydrogen) atoms. The van der Waals surface area contributed by atoms with E-state index in [0.29, 0.717) is 31.0 Å². The number of pyridine rings is 2. The maximum atomic E-state index is 13.3. The smallest absolute Gasteiger partial charge is 0.407 e. The third kappa shape index (κ3) is 7.61. The molecule has 216 valence electrons. The molecule has 2 aromatic heterocycles. The number of ether oxygens (including phenoxy) is 2. The molecule has 4 N–H and O–H groups in total. The zero-order chi connectivity index (χ0) is 29.1. The standard InChI is InChI=1S/C32H34N6O4/c33-30-27(31(39)37-28-21-34-14-12-29(28)38-15-17-41-18-16-38)19-26(20-36-30)25-10-8-23(9-11-25)7-4-13-35-32(40)42-22-24-5-2-1-3-6-24/h1-3,5-6,8-12,14,19-21H,4,7,13,15-18,22H2,(H2,33,36)(H,35,40)(H,37,39). The molecule has 1 aliphatic rings. The number of aromatic nitrogens is 2. The number of nitrogen functional groups attached to an aromatic ring is 1.